The van der Waals surface area contributed by atoms with Gasteiger partial charge in [-0.05, 0) is 19.4 Å². The number of methoxy groups -OCH3 is 1. The molecule has 0 aromatic carbocycles. The third-order valence-corrected chi connectivity index (χ3v) is 3.94. The van der Waals surface area contributed by atoms with Crippen molar-refractivity contribution in [3.05, 3.63) is 40.3 Å². The van der Waals surface area contributed by atoms with Crippen molar-refractivity contribution >= 4 is 11.6 Å². The summed E-state index contributed by atoms with van der Waals surface area (Å²) in [4.78, 5) is 4.19. The lowest BCUT2D eigenvalue weighted by molar-refractivity contribution is 0.388. The predicted molar refractivity (Wildman–Crippen MR) is 83.7 cm³/mol. The largest absolute Gasteiger partial charge is 0.481 e. The zero-order valence-corrected chi connectivity index (χ0v) is 13.4. The number of ether oxygens (including phenoxy) is 1. The Balaban J connectivity index is 2.31. The zero-order chi connectivity index (χ0) is 15.4. The van der Waals surface area contributed by atoms with E-state index in [2.05, 4.69) is 10.1 Å². The van der Waals surface area contributed by atoms with E-state index in [-0.39, 0.29) is 6.04 Å². The zero-order valence-electron chi connectivity index (χ0n) is 12.6. The van der Waals surface area contributed by atoms with Gasteiger partial charge in [-0.3, -0.25) is 4.68 Å². The lowest BCUT2D eigenvalue weighted by atomic mass is 10.0. The maximum Gasteiger partial charge on any atom is 0.217 e. The summed E-state index contributed by atoms with van der Waals surface area (Å²) in [6.07, 6.45) is 3.10. The van der Waals surface area contributed by atoms with E-state index in [9.17, 15) is 0 Å². The minimum Gasteiger partial charge on any atom is -0.481 e. The summed E-state index contributed by atoms with van der Waals surface area (Å²) in [6, 6.07) is 3.55. The van der Waals surface area contributed by atoms with Gasteiger partial charge in [-0.2, -0.15) is 5.10 Å². The van der Waals surface area contributed by atoms with Crippen LogP contribution >= 0.6 is 11.6 Å². The highest BCUT2D eigenvalue weighted by atomic mass is 35.5. The predicted octanol–water partition coefficient (Wildman–Crippen LogP) is 2.76. The van der Waals surface area contributed by atoms with Crippen molar-refractivity contribution in [1.82, 2.24) is 14.8 Å². The maximum absolute atomic E-state index is 6.43. The van der Waals surface area contributed by atoms with Crippen LogP contribution in [0.25, 0.3) is 0 Å². The maximum atomic E-state index is 6.43. The lowest BCUT2D eigenvalue weighted by Crippen LogP contribution is -2.17. The van der Waals surface area contributed by atoms with Crippen molar-refractivity contribution in [2.45, 2.75) is 39.3 Å². The van der Waals surface area contributed by atoms with Crippen molar-refractivity contribution in [3.8, 4) is 5.88 Å². The number of nitrogens with two attached hydrogens (primary N) is 1. The van der Waals surface area contributed by atoms with Crippen LogP contribution in [-0.4, -0.2) is 21.9 Å². The molecule has 0 saturated carbocycles. The highest BCUT2D eigenvalue weighted by Gasteiger charge is 2.20. The van der Waals surface area contributed by atoms with Gasteiger partial charge in [0.05, 0.1) is 23.5 Å². The molecule has 2 aromatic heterocycles. The fraction of sp³-hybridized carbons (Fsp3) is 0.467. The molecule has 0 amide bonds. The van der Waals surface area contributed by atoms with Crippen LogP contribution in [0.2, 0.25) is 5.02 Å². The molecule has 6 heteroatoms. The second-order valence-electron chi connectivity index (χ2n) is 4.79. The Hall–Kier alpha value is -1.59. The fourth-order valence-corrected chi connectivity index (χ4v) is 2.73. The van der Waals surface area contributed by atoms with E-state index in [1.165, 1.54) is 0 Å². The van der Waals surface area contributed by atoms with Gasteiger partial charge in [0.25, 0.3) is 0 Å². The van der Waals surface area contributed by atoms with Gasteiger partial charge in [-0.1, -0.05) is 24.6 Å². The molecule has 0 spiro atoms. The van der Waals surface area contributed by atoms with E-state index >= 15 is 0 Å². The molecule has 2 aromatic rings. The lowest BCUT2D eigenvalue weighted by Gasteiger charge is -2.15. The van der Waals surface area contributed by atoms with Crippen LogP contribution in [0.1, 0.15) is 36.8 Å². The van der Waals surface area contributed by atoms with E-state index in [1.807, 2.05) is 30.7 Å². The molecule has 0 saturated heterocycles. The number of aryl methyl sites for hydroxylation is 2. The highest BCUT2D eigenvalue weighted by Crippen LogP contribution is 2.28. The average Bonchev–Trinajstić information content (AvgIpc) is 2.83. The number of aromatic nitrogens is 3. The molecule has 0 fully saturated rings. The fourth-order valence-electron chi connectivity index (χ4n) is 2.39. The molecule has 0 aliphatic carbocycles. The molecule has 114 valence electrons. The second kappa shape index (κ2) is 6.91. The summed E-state index contributed by atoms with van der Waals surface area (Å²) < 4.78 is 7.19. The van der Waals surface area contributed by atoms with Gasteiger partial charge in [0.15, 0.2) is 0 Å². The van der Waals surface area contributed by atoms with Crippen LogP contribution < -0.4 is 10.5 Å². The van der Waals surface area contributed by atoms with E-state index in [4.69, 9.17) is 22.1 Å². The Morgan fingerprint density at radius 3 is 2.81 bits per heavy atom. The smallest absolute Gasteiger partial charge is 0.217 e. The van der Waals surface area contributed by atoms with Crippen LogP contribution in [0.5, 0.6) is 5.88 Å². The molecule has 1 unspecified atom stereocenters. The first-order valence-corrected chi connectivity index (χ1v) is 7.48. The highest BCUT2D eigenvalue weighted by molar-refractivity contribution is 6.31. The Kier molecular flexibility index (Phi) is 5.20. The van der Waals surface area contributed by atoms with Crippen molar-refractivity contribution in [2.75, 3.05) is 7.11 Å². The third kappa shape index (κ3) is 3.19. The number of rotatable bonds is 6. The molecule has 21 heavy (non-hydrogen) atoms. The molecule has 5 nitrogen and oxygen atoms in total. The minimum atomic E-state index is -0.238. The van der Waals surface area contributed by atoms with Gasteiger partial charge in [0.1, 0.15) is 0 Å². The Bertz CT molecular complexity index is 612. The first-order valence-electron chi connectivity index (χ1n) is 7.10. The molecular formula is C15H21ClN4O. The van der Waals surface area contributed by atoms with Crippen LogP contribution in [0.15, 0.2) is 18.3 Å². The quantitative estimate of drug-likeness (QED) is 0.891. The van der Waals surface area contributed by atoms with Gasteiger partial charge in [-0.25, -0.2) is 4.98 Å². The molecule has 2 heterocycles. The van der Waals surface area contributed by atoms with Gasteiger partial charge in [-0.15, -0.1) is 0 Å². The van der Waals surface area contributed by atoms with Crippen molar-refractivity contribution in [1.29, 1.82) is 0 Å². The third-order valence-electron chi connectivity index (χ3n) is 3.50. The van der Waals surface area contributed by atoms with Crippen molar-refractivity contribution < 1.29 is 4.74 Å². The topological polar surface area (TPSA) is 66.0 Å². The summed E-state index contributed by atoms with van der Waals surface area (Å²) in [7, 11) is 1.59. The van der Waals surface area contributed by atoms with E-state index in [0.29, 0.717) is 12.3 Å². The number of pyridine rings is 1. The SMILES string of the molecule is CCc1nn(CC)c(CC(N)c2cccnc2OC)c1Cl. The summed E-state index contributed by atoms with van der Waals surface area (Å²) in [5, 5.41) is 5.24. The average molecular weight is 309 g/mol. The van der Waals surface area contributed by atoms with Crippen LogP contribution in [0, 0.1) is 0 Å². The van der Waals surface area contributed by atoms with E-state index < -0.39 is 0 Å². The Labute approximate surface area is 130 Å². The number of hydrogen-bond acceptors (Lipinski definition) is 4. The van der Waals surface area contributed by atoms with E-state index in [1.54, 1.807) is 13.3 Å². The summed E-state index contributed by atoms with van der Waals surface area (Å²) >= 11 is 6.43. The van der Waals surface area contributed by atoms with Crippen LogP contribution in [0.4, 0.5) is 0 Å². The molecule has 1 atom stereocenters. The van der Waals surface area contributed by atoms with Gasteiger partial charge in [0, 0.05) is 30.8 Å². The first-order chi connectivity index (χ1) is 10.1. The normalized spacial score (nSPS) is 12.4. The van der Waals surface area contributed by atoms with E-state index in [0.717, 1.165) is 34.9 Å². The summed E-state index contributed by atoms with van der Waals surface area (Å²) in [5.74, 6) is 0.555. The van der Waals surface area contributed by atoms with Gasteiger partial charge >= 0.3 is 0 Å². The monoisotopic (exact) mass is 308 g/mol. The van der Waals surface area contributed by atoms with Gasteiger partial charge in [0.2, 0.25) is 5.88 Å². The van der Waals surface area contributed by atoms with Crippen LogP contribution in [0.3, 0.4) is 0 Å². The standard InChI is InChI=1S/C15H21ClN4O/c1-4-12-14(16)13(20(5-2)19-12)9-11(17)10-7-6-8-18-15(10)21-3/h6-8,11H,4-5,9,17H2,1-3H3. The Morgan fingerprint density at radius 2 is 2.19 bits per heavy atom. The molecule has 0 bridgehead atoms. The molecule has 2 N–H and O–H groups in total. The van der Waals surface area contributed by atoms with Crippen LogP contribution in [-0.2, 0) is 19.4 Å². The molecular weight excluding hydrogens is 288 g/mol. The molecule has 2 rings (SSSR count). The molecule has 0 radical (unpaired) electrons. The summed E-state index contributed by atoms with van der Waals surface area (Å²) in [6.45, 7) is 4.86. The second-order valence-corrected chi connectivity index (χ2v) is 5.17. The first kappa shape index (κ1) is 15.8. The summed E-state index contributed by atoms with van der Waals surface area (Å²) in [5.41, 5.74) is 9.08. The number of hydrogen-bond donors (Lipinski definition) is 1. The van der Waals surface area contributed by atoms with Crippen molar-refractivity contribution in [3.63, 3.8) is 0 Å². The Morgan fingerprint density at radius 1 is 1.43 bits per heavy atom. The minimum absolute atomic E-state index is 0.238. The van der Waals surface area contributed by atoms with Gasteiger partial charge < -0.3 is 10.5 Å². The van der Waals surface area contributed by atoms with Crippen molar-refractivity contribution in [2.24, 2.45) is 5.73 Å². The number of halogens is 1. The molecule has 0 aliphatic rings. The molecule has 0 aliphatic heterocycles. The number of nitrogens with zero attached hydrogens (tertiary/aromatic N) is 3.